The molecule has 0 fully saturated rings. The molecule has 7 nitrogen and oxygen atoms in total. The number of aryl methyl sites for hydroxylation is 1. The summed E-state index contributed by atoms with van der Waals surface area (Å²) in [5, 5.41) is 7.85. The number of anilines is 1. The summed E-state index contributed by atoms with van der Waals surface area (Å²) in [6.07, 6.45) is 3.03. The largest absolute Gasteiger partial charge is 0.356 e. The van der Waals surface area contributed by atoms with Gasteiger partial charge in [0.2, 0.25) is 5.91 Å². The molecule has 4 rings (SSSR count). The summed E-state index contributed by atoms with van der Waals surface area (Å²) in [5.41, 5.74) is 2.73. The summed E-state index contributed by atoms with van der Waals surface area (Å²) in [4.78, 5) is 43.3. The van der Waals surface area contributed by atoms with E-state index in [-0.39, 0.29) is 17.4 Å². The fourth-order valence-corrected chi connectivity index (χ4v) is 4.57. The van der Waals surface area contributed by atoms with Crippen LogP contribution in [0, 0.1) is 0 Å². The topological polar surface area (TPSA) is 104 Å². The van der Waals surface area contributed by atoms with Gasteiger partial charge >= 0.3 is 0 Å². The van der Waals surface area contributed by atoms with Crippen molar-refractivity contribution in [3.05, 3.63) is 117 Å². The Morgan fingerprint density at radius 2 is 1.63 bits per heavy atom. The second-order valence-electron chi connectivity index (χ2n) is 8.02. The minimum Gasteiger partial charge on any atom is -0.356 e. The second kappa shape index (κ2) is 11.9. The van der Waals surface area contributed by atoms with E-state index in [1.54, 1.807) is 11.4 Å². The molecule has 4 aromatic rings. The van der Waals surface area contributed by atoms with Gasteiger partial charge in [0, 0.05) is 30.5 Å². The van der Waals surface area contributed by atoms with Gasteiger partial charge in [-0.2, -0.15) is 0 Å². The number of benzene rings is 2. The quantitative estimate of drug-likeness (QED) is 0.310. The monoisotopic (exact) mass is 486 g/mol. The number of aromatic nitrogens is 2. The third-order valence-corrected chi connectivity index (χ3v) is 6.41. The third-order valence-electron chi connectivity index (χ3n) is 5.60. The van der Waals surface area contributed by atoms with E-state index in [1.165, 1.54) is 34.7 Å². The van der Waals surface area contributed by atoms with Gasteiger partial charge in [-0.25, -0.2) is 4.98 Å². The van der Waals surface area contributed by atoms with Crippen LogP contribution >= 0.6 is 11.3 Å². The highest BCUT2D eigenvalue weighted by Gasteiger charge is 2.15. The molecule has 35 heavy (non-hydrogen) atoms. The van der Waals surface area contributed by atoms with E-state index >= 15 is 0 Å². The molecule has 8 heteroatoms. The van der Waals surface area contributed by atoms with Crippen molar-refractivity contribution in [1.82, 2.24) is 15.3 Å². The Kier molecular flexibility index (Phi) is 8.19. The number of carbonyl (C=O) groups excluding carboxylic acids is 2. The molecule has 0 radical (unpaired) electrons. The fourth-order valence-electron chi connectivity index (χ4n) is 3.83. The summed E-state index contributed by atoms with van der Waals surface area (Å²) in [6, 6.07) is 23.7. The first-order valence-electron chi connectivity index (χ1n) is 11.4. The summed E-state index contributed by atoms with van der Waals surface area (Å²) in [5.74, 6) is -0.351. The van der Waals surface area contributed by atoms with Crippen LogP contribution in [0.2, 0.25) is 0 Å². The van der Waals surface area contributed by atoms with E-state index in [0.717, 1.165) is 6.42 Å². The molecule has 178 valence electrons. The van der Waals surface area contributed by atoms with Crippen molar-refractivity contribution in [2.75, 3.05) is 11.9 Å². The molecular formula is C27H26N4O3S. The molecule has 0 bridgehead atoms. The number of nitrogens with one attached hydrogen (secondary N) is 3. The Labute approximate surface area is 207 Å². The van der Waals surface area contributed by atoms with Crippen LogP contribution in [-0.2, 0) is 11.2 Å². The number of carbonyl (C=O) groups is 2. The predicted octanol–water partition coefficient (Wildman–Crippen LogP) is 4.35. The van der Waals surface area contributed by atoms with Gasteiger partial charge in [0.25, 0.3) is 11.5 Å². The average Bonchev–Trinajstić information content (AvgIpc) is 3.34. The van der Waals surface area contributed by atoms with E-state index in [2.05, 4.69) is 44.9 Å². The van der Waals surface area contributed by atoms with Crippen molar-refractivity contribution < 1.29 is 9.59 Å². The first kappa shape index (κ1) is 24.1. The minimum absolute atomic E-state index is 0.0212. The van der Waals surface area contributed by atoms with Crippen molar-refractivity contribution in [1.29, 1.82) is 0 Å². The third kappa shape index (κ3) is 6.74. The highest BCUT2D eigenvalue weighted by Crippen LogP contribution is 2.27. The van der Waals surface area contributed by atoms with Crippen LogP contribution in [0.4, 0.5) is 5.13 Å². The predicted molar refractivity (Wildman–Crippen MR) is 138 cm³/mol. The van der Waals surface area contributed by atoms with Gasteiger partial charge < -0.3 is 10.3 Å². The molecule has 0 atom stereocenters. The number of H-pyrrole nitrogens is 1. The molecular weight excluding hydrogens is 460 g/mol. The number of nitrogens with zero attached hydrogens (tertiary/aromatic N) is 1. The summed E-state index contributed by atoms with van der Waals surface area (Å²) >= 11 is 1.26. The van der Waals surface area contributed by atoms with Crippen LogP contribution < -0.4 is 16.2 Å². The van der Waals surface area contributed by atoms with E-state index < -0.39 is 11.5 Å². The first-order valence-corrected chi connectivity index (χ1v) is 12.3. The normalized spacial score (nSPS) is 10.8. The van der Waals surface area contributed by atoms with E-state index in [9.17, 15) is 14.4 Å². The molecule has 0 spiro atoms. The molecule has 2 aromatic heterocycles. The second-order valence-corrected chi connectivity index (χ2v) is 8.88. The zero-order chi connectivity index (χ0) is 24.5. The maximum absolute atomic E-state index is 12.4. The molecule has 0 saturated carbocycles. The number of amides is 2. The first-order chi connectivity index (χ1) is 17.1. The average molecular weight is 487 g/mol. The van der Waals surface area contributed by atoms with Gasteiger partial charge in [0.1, 0.15) is 5.56 Å². The number of aromatic amines is 1. The highest BCUT2D eigenvalue weighted by atomic mass is 32.1. The SMILES string of the molecule is O=C(CCc1csc(NC(=O)c2ccc[nH]c2=O)n1)NCCC(c1ccccc1)c1ccccc1. The molecule has 2 aromatic carbocycles. The standard InChI is InChI=1S/C27H26N4O3S/c32-24(28-17-15-22(19-8-3-1-4-9-19)20-10-5-2-6-11-20)14-13-21-18-35-27(30-21)31-26(34)23-12-7-16-29-25(23)33/h1-12,16,18,22H,13-15,17H2,(H,28,32)(H,29,33)(H,30,31,34). The number of hydrogen-bond acceptors (Lipinski definition) is 5. The van der Waals surface area contributed by atoms with Crippen LogP contribution in [0.25, 0.3) is 0 Å². The highest BCUT2D eigenvalue weighted by molar-refractivity contribution is 7.14. The van der Waals surface area contributed by atoms with Crippen molar-refractivity contribution >= 4 is 28.3 Å². The van der Waals surface area contributed by atoms with Gasteiger partial charge in [-0.3, -0.25) is 19.7 Å². The molecule has 3 N–H and O–H groups in total. The van der Waals surface area contributed by atoms with Gasteiger partial charge in [-0.15, -0.1) is 11.3 Å². The van der Waals surface area contributed by atoms with Crippen molar-refractivity contribution in [2.45, 2.75) is 25.2 Å². The molecule has 2 heterocycles. The lowest BCUT2D eigenvalue weighted by Gasteiger charge is -2.18. The van der Waals surface area contributed by atoms with Crippen LogP contribution in [0.3, 0.4) is 0 Å². The van der Waals surface area contributed by atoms with Gasteiger partial charge in [0.05, 0.1) is 5.69 Å². The van der Waals surface area contributed by atoms with Crippen molar-refractivity contribution in [2.24, 2.45) is 0 Å². The van der Waals surface area contributed by atoms with Crippen molar-refractivity contribution in [3.8, 4) is 0 Å². The molecule has 0 aliphatic rings. The minimum atomic E-state index is -0.517. The number of hydrogen-bond donors (Lipinski definition) is 3. The van der Waals surface area contributed by atoms with Gasteiger partial charge in [0.15, 0.2) is 5.13 Å². The maximum Gasteiger partial charge on any atom is 0.263 e. The Morgan fingerprint density at radius 1 is 0.943 bits per heavy atom. The summed E-state index contributed by atoms with van der Waals surface area (Å²) < 4.78 is 0. The van der Waals surface area contributed by atoms with E-state index in [1.807, 2.05) is 36.4 Å². The Morgan fingerprint density at radius 3 is 2.29 bits per heavy atom. The Hall–Kier alpha value is -4.04. The van der Waals surface area contributed by atoms with E-state index in [4.69, 9.17) is 0 Å². The molecule has 2 amide bonds. The van der Waals surface area contributed by atoms with Crippen LogP contribution in [0.15, 0.2) is 89.2 Å². The Balaban J connectivity index is 1.26. The molecule has 0 aliphatic heterocycles. The Bertz CT molecular complexity index is 1280. The van der Waals surface area contributed by atoms with Crippen molar-refractivity contribution in [3.63, 3.8) is 0 Å². The van der Waals surface area contributed by atoms with Crippen LogP contribution in [0.5, 0.6) is 0 Å². The lowest BCUT2D eigenvalue weighted by molar-refractivity contribution is -0.121. The fraction of sp³-hybridized carbons (Fsp3) is 0.185. The smallest absolute Gasteiger partial charge is 0.263 e. The molecule has 0 aliphatic carbocycles. The summed E-state index contributed by atoms with van der Waals surface area (Å²) in [7, 11) is 0. The van der Waals surface area contributed by atoms with Crippen LogP contribution in [0.1, 0.15) is 45.9 Å². The zero-order valence-corrected chi connectivity index (χ0v) is 19.9. The number of pyridine rings is 1. The summed E-state index contributed by atoms with van der Waals surface area (Å²) in [6.45, 7) is 0.567. The molecule has 0 saturated heterocycles. The number of thiazole rings is 1. The van der Waals surface area contributed by atoms with Gasteiger partial charge in [-0.05, 0) is 36.1 Å². The van der Waals surface area contributed by atoms with Gasteiger partial charge in [-0.1, -0.05) is 60.7 Å². The lowest BCUT2D eigenvalue weighted by atomic mass is 9.88. The number of rotatable bonds is 10. The lowest BCUT2D eigenvalue weighted by Crippen LogP contribution is -2.26. The molecule has 0 unspecified atom stereocenters. The van der Waals surface area contributed by atoms with Crippen LogP contribution in [-0.4, -0.2) is 28.3 Å². The van der Waals surface area contributed by atoms with E-state index in [0.29, 0.717) is 30.2 Å². The maximum atomic E-state index is 12.4. The zero-order valence-electron chi connectivity index (χ0n) is 19.1.